The zero-order chi connectivity index (χ0) is 12.4. The van der Waals surface area contributed by atoms with Crippen molar-refractivity contribution in [1.82, 2.24) is 0 Å². The van der Waals surface area contributed by atoms with Crippen LogP contribution in [0.25, 0.3) is 17.0 Å². The number of phenolic OH excluding ortho intramolecular Hbond substituents is 1. The molecule has 1 heterocycles. The van der Waals surface area contributed by atoms with Crippen LogP contribution in [0.4, 0.5) is 0 Å². The number of benzene rings is 1. The van der Waals surface area contributed by atoms with Gasteiger partial charge in [-0.15, -0.1) is 0 Å². The number of hydrogen-bond donors (Lipinski definition) is 2. The lowest BCUT2D eigenvalue weighted by molar-refractivity contribution is -0.131. The number of hydrogen-bond acceptors (Lipinski definition) is 4. The Hall–Kier alpha value is -2.56. The largest absolute Gasteiger partial charge is 0.508 e. The maximum Gasteiger partial charge on any atom is 0.343 e. The van der Waals surface area contributed by atoms with Gasteiger partial charge in [-0.3, -0.25) is 0 Å². The van der Waals surface area contributed by atoms with Crippen molar-refractivity contribution in [3.63, 3.8) is 0 Å². The van der Waals surface area contributed by atoms with Crippen LogP contribution in [0, 0.1) is 0 Å². The molecule has 5 heteroatoms. The van der Waals surface area contributed by atoms with E-state index in [9.17, 15) is 14.7 Å². The molecule has 0 radical (unpaired) electrons. The smallest absolute Gasteiger partial charge is 0.343 e. The minimum Gasteiger partial charge on any atom is -0.508 e. The maximum absolute atomic E-state index is 11.5. The van der Waals surface area contributed by atoms with E-state index in [1.807, 2.05) is 0 Å². The van der Waals surface area contributed by atoms with Gasteiger partial charge < -0.3 is 14.6 Å². The Balaban J connectivity index is 2.60. The predicted molar refractivity (Wildman–Crippen MR) is 60.8 cm³/mol. The molecule has 0 aliphatic heterocycles. The molecule has 2 aromatic rings. The molecule has 1 aromatic carbocycles. The summed E-state index contributed by atoms with van der Waals surface area (Å²) in [6.07, 6.45) is 2.03. The average molecular weight is 232 g/mol. The topological polar surface area (TPSA) is 87.7 Å². The van der Waals surface area contributed by atoms with Gasteiger partial charge in [0.25, 0.3) is 0 Å². The molecule has 0 spiro atoms. The lowest BCUT2D eigenvalue weighted by Crippen LogP contribution is -2.02. The zero-order valence-electron chi connectivity index (χ0n) is 8.58. The van der Waals surface area contributed by atoms with Gasteiger partial charge in [-0.05, 0) is 24.3 Å². The van der Waals surface area contributed by atoms with Crippen molar-refractivity contribution in [2.45, 2.75) is 0 Å². The highest BCUT2D eigenvalue weighted by atomic mass is 16.4. The molecule has 1 aromatic heterocycles. The lowest BCUT2D eigenvalue weighted by Gasteiger charge is -1.98. The van der Waals surface area contributed by atoms with Gasteiger partial charge in [0.15, 0.2) is 0 Å². The van der Waals surface area contributed by atoms with Gasteiger partial charge in [0.1, 0.15) is 11.3 Å². The summed E-state index contributed by atoms with van der Waals surface area (Å²) in [6.45, 7) is 0. The molecule has 0 saturated carbocycles. The second-order valence-corrected chi connectivity index (χ2v) is 3.38. The van der Waals surface area contributed by atoms with E-state index in [0.29, 0.717) is 5.39 Å². The van der Waals surface area contributed by atoms with Gasteiger partial charge in [-0.25, -0.2) is 9.59 Å². The summed E-state index contributed by atoms with van der Waals surface area (Å²) in [7, 11) is 0. The van der Waals surface area contributed by atoms with Crippen LogP contribution < -0.4 is 5.63 Å². The van der Waals surface area contributed by atoms with Crippen molar-refractivity contribution in [3.8, 4) is 5.75 Å². The highest BCUT2D eigenvalue weighted by Gasteiger charge is 2.03. The monoisotopic (exact) mass is 232 g/mol. The summed E-state index contributed by atoms with van der Waals surface area (Å²) < 4.78 is 4.95. The first-order chi connectivity index (χ1) is 8.06. The molecule has 0 aliphatic carbocycles. The summed E-state index contributed by atoms with van der Waals surface area (Å²) in [6, 6.07) is 5.85. The average Bonchev–Trinajstić information content (AvgIpc) is 2.26. The molecule has 0 atom stereocenters. The van der Waals surface area contributed by atoms with Crippen LogP contribution in [0.3, 0.4) is 0 Å². The van der Waals surface area contributed by atoms with Crippen molar-refractivity contribution in [3.05, 3.63) is 46.3 Å². The van der Waals surface area contributed by atoms with Gasteiger partial charge in [0, 0.05) is 17.5 Å². The van der Waals surface area contributed by atoms with E-state index in [0.717, 1.165) is 6.08 Å². The lowest BCUT2D eigenvalue weighted by atomic mass is 10.1. The van der Waals surface area contributed by atoms with Crippen LogP contribution in [0.5, 0.6) is 5.75 Å². The molecule has 5 nitrogen and oxygen atoms in total. The predicted octanol–water partition coefficient (Wildman–Crippen LogP) is 1.60. The minimum absolute atomic E-state index is 0.00511. The Kier molecular flexibility index (Phi) is 2.66. The summed E-state index contributed by atoms with van der Waals surface area (Å²) in [4.78, 5) is 21.8. The number of phenols is 1. The quantitative estimate of drug-likeness (QED) is 0.606. The van der Waals surface area contributed by atoms with Gasteiger partial charge in [0.2, 0.25) is 0 Å². The fraction of sp³-hybridized carbons (Fsp3) is 0. The zero-order valence-corrected chi connectivity index (χ0v) is 8.58. The molecular formula is C12H8O5. The van der Waals surface area contributed by atoms with Gasteiger partial charge in [-0.1, -0.05) is 0 Å². The van der Waals surface area contributed by atoms with Crippen molar-refractivity contribution in [2.24, 2.45) is 0 Å². The first kappa shape index (κ1) is 10.9. The van der Waals surface area contributed by atoms with Crippen molar-refractivity contribution < 1.29 is 19.4 Å². The third-order valence-corrected chi connectivity index (χ3v) is 2.15. The number of aliphatic carboxylic acids is 1. The number of aromatic hydroxyl groups is 1. The first-order valence-corrected chi connectivity index (χ1v) is 4.74. The maximum atomic E-state index is 11.5. The molecule has 0 aliphatic rings. The van der Waals surface area contributed by atoms with E-state index in [2.05, 4.69) is 0 Å². The van der Waals surface area contributed by atoms with Crippen molar-refractivity contribution >= 4 is 23.0 Å². The number of carboxylic acids is 1. The number of fused-ring (bicyclic) bond motifs is 1. The van der Waals surface area contributed by atoms with Crippen LogP contribution in [0.1, 0.15) is 5.56 Å². The summed E-state index contributed by atoms with van der Waals surface area (Å²) in [5.41, 5.74) is -0.256. The second-order valence-electron chi connectivity index (χ2n) is 3.38. The normalized spacial score (nSPS) is 11.1. The highest BCUT2D eigenvalue weighted by molar-refractivity contribution is 5.86. The van der Waals surface area contributed by atoms with Crippen molar-refractivity contribution in [1.29, 1.82) is 0 Å². The number of carbonyl (C=O) groups is 1. The standard InChI is InChI=1S/C12H8O5/c13-9-3-1-7-5-8(2-4-11(14)15)12(16)17-10(7)6-9/h1-6,13H,(H,14,15). The summed E-state index contributed by atoms with van der Waals surface area (Å²) in [5, 5.41) is 18.3. The molecule has 17 heavy (non-hydrogen) atoms. The highest BCUT2D eigenvalue weighted by Crippen LogP contribution is 2.19. The molecule has 0 unspecified atom stereocenters. The van der Waals surface area contributed by atoms with Crippen LogP contribution in [-0.4, -0.2) is 16.2 Å². The molecule has 0 fully saturated rings. The first-order valence-electron chi connectivity index (χ1n) is 4.74. The Morgan fingerprint density at radius 3 is 2.76 bits per heavy atom. The summed E-state index contributed by atoms with van der Waals surface area (Å²) in [5.74, 6) is -1.15. The van der Waals surface area contributed by atoms with Crippen LogP contribution >= 0.6 is 0 Å². The molecule has 2 N–H and O–H groups in total. The van der Waals surface area contributed by atoms with E-state index in [4.69, 9.17) is 9.52 Å². The van der Waals surface area contributed by atoms with Gasteiger partial charge >= 0.3 is 11.6 Å². The van der Waals surface area contributed by atoms with Crippen LogP contribution in [-0.2, 0) is 4.79 Å². The fourth-order valence-corrected chi connectivity index (χ4v) is 1.39. The third kappa shape index (κ3) is 2.34. The van der Waals surface area contributed by atoms with E-state index in [1.165, 1.54) is 24.3 Å². The Bertz CT molecular complexity index is 666. The van der Waals surface area contributed by atoms with Gasteiger partial charge in [-0.2, -0.15) is 0 Å². The fourth-order valence-electron chi connectivity index (χ4n) is 1.39. The Morgan fingerprint density at radius 1 is 1.29 bits per heavy atom. The Morgan fingerprint density at radius 2 is 2.06 bits per heavy atom. The Labute approximate surface area is 95.2 Å². The molecular weight excluding hydrogens is 224 g/mol. The molecule has 86 valence electrons. The van der Waals surface area contributed by atoms with E-state index < -0.39 is 11.6 Å². The number of rotatable bonds is 2. The van der Waals surface area contributed by atoms with Crippen molar-refractivity contribution in [2.75, 3.05) is 0 Å². The molecule has 2 rings (SSSR count). The van der Waals surface area contributed by atoms with E-state index >= 15 is 0 Å². The van der Waals surface area contributed by atoms with Crippen LogP contribution in [0.15, 0.2) is 39.6 Å². The minimum atomic E-state index is -1.14. The second kappa shape index (κ2) is 4.13. The number of carboxylic acid groups (broad SMARTS) is 1. The third-order valence-electron chi connectivity index (χ3n) is 2.15. The summed E-state index contributed by atoms with van der Waals surface area (Å²) >= 11 is 0. The molecule has 0 saturated heterocycles. The van der Waals surface area contributed by atoms with Crippen LogP contribution in [0.2, 0.25) is 0 Å². The SMILES string of the molecule is O=C(O)C=Cc1cc2ccc(O)cc2oc1=O. The van der Waals surface area contributed by atoms with E-state index in [-0.39, 0.29) is 16.9 Å². The molecule has 0 amide bonds. The molecule has 0 bridgehead atoms. The van der Waals surface area contributed by atoms with Gasteiger partial charge in [0.05, 0.1) is 5.56 Å². The van der Waals surface area contributed by atoms with E-state index in [1.54, 1.807) is 6.07 Å².